The Morgan fingerprint density at radius 2 is 2.24 bits per heavy atom. The lowest BCUT2D eigenvalue weighted by Crippen LogP contribution is -2.13. The number of pyridine rings is 1. The van der Waals surface area contributed by atoms with Gasteiger partial charge in [-0.1, -0.05) is 12.5 Å². The Bertz CT molecular complexity index is 538. The predicted molar refractivity (Wildman–Crippen MR) is 69.3 cm³/mol. The van der Waals surface area contributed by atoms with Gasteiger partial charge in [0.25, 0.3) is 0 Å². The summed E-state index contributed by atoms with van der Waals surface area (Å²) >= 11 is 0. The molecule has 1 N–H and O–H groups in total. The summed E-state index contributed by atoms with van der Waals surface area (Å²) in [6, 6.07) is 6.46. The molecule has 3 nitrogen and oxygen atoms in total. The number of aromatic nitrogens is 2. The van der Waals surface area contributed by atoms with Gasteiger partial charge in [0.15, 0.2) is 0 Å². The summed E-state index contributed by atoms with van der Waals surface area (Å²) in [5, 5.41) is 3.21. The molecule has 90 valence electrons. The van der Waals surface area contributed by atoms with Gasteiger partial charge >= 0.3 is 0 Å². The van der Waals surface area contributed by atoms with Crippen molar-refractivity contribution in [1.82, 2.24) is 14.7 Å². The molecule has 1 saturated carbocycles. The zero-order valence-corrected chi connectivity index (χ0v) is 10.5. The fourth-order valence-corrected chi connectivity index (χ4v) is 2.63. The third-order valence-corrected chi connectivity index (χ3v) is 3.77. The Morgan fingerprint density at radius 3 is 2.88 bits per heavy atom. The molecule has 0 aliphatic heterocycles. The summed E-state index contributed by atoms with van der Waals surface area (Å²) in [5.41, 5.74) is 3.73. The molecule has 1 fully saturated rings. The maximum atomic E-state index is 4.86. The highest BCUT2D eigenvalue weighted by Gasteiger charge is 2.25. The van der Waals surface area contributed by atoms with Crippen molar-refractivity contribution in [1.29, 1.82) is 0 Å². The smallest absolute Gasteiger partial charge is 0.116 e. The van der Waals surface area contributed by atoms with Crippen LogP contribution < -0.4 is 5.32 Å². The first-order valence-corrected chi connectivity index (χ1v) is 6.42. The van der Waals surface area contributed by atoms with Crippen molar-refractivity contribution in [3.8, 4) is 0 Å². The average molecular weight is 229 g/mol. The molecule has 17 heavy (non-hydrogen) atoms. The van der Waals surface area contributed by atoms with Crippen LogP contribution in [0, 0.1) is 6.92 Å². The molecule has 0 radical (unpaired) electrons. The van der Waals surface area contributed by atoms with Gasteiger partial charge in [-0.25, -0.2) is 4.98 Å². The van der Waals surface area contributed by atoms with Crippen molar-refractivity contribution in [3.63, 3.8) is 0 Å². The number of nitrogens with zero attached hydrogens (tertiary/aromatic N) is 2. The molecule has 1 aliphatic carbocycles. The highest BCUT2D eigenvalue weighted by Crippen LogP contribution is 2.36. The Morgan fingerprint density at radius 1 is 1.41 bits per heavy atom. The predicted octanol–water partition coefficient (Wildman–Crippen LogP) is 2.63. The lowest BCUT2D eigenvalue weighted by molar-refractivity contribution is 0.399. The number of imidazole rings is 1. The van der Waals surface area contributed by atoms with Crippen LogP contribution in [0.25, 0.3) is 5.52 Å². The normalized spacial score (nSPS) is 16.4. The maximum absolute atomic E-state index is 4.86. The molecule has 0 saturated heterocycles. The molecule has 3 rings (SSSR count). The largest absolute Gasteiger partial charge is 0.314 e. The average Bonchev–Trinajstić information content (AvgIpc) is 2.57. The number of aryl methyl sites for hydroxylation is 1. The Kier molecular flexibility index (Phi) is 2.63. The molecule has 2 heterocycles. The van der Waals surface area contributed by atoms with Gasteiger partial charge in [-0.15, -0.1) is 0 Å². The molecule has 0 spiro atoms. The molecular weight excluding hydrogens is 210 g/mol. The molecule has 2 aromatic heterocycles. The van der Waals surface area contributed by atoms with Gasteiger partial charge in [-0.2, -0.15) is 0 Å². The topological polar surface area (TPSA) is 29.3 Å². The van der Waals surface area contributed by atoms with Crippen molar-refractivity contribution >= 4 is 5.52 Å². The fraction of sp³-hybridized carbons (Fsp3) is 0.500. The lowest BCUT2D eigenvalue weighted by Gasteiger charge is -2.24. The summed E-state index contributed by atoms with van der Waals surface area (Å²) in [5.74, 6) is 1.95. The molecule has 3 heteroatoms. The molecule has 0 atom stereocenters. The van der Waals surface area contributed by atoms with E-state index in [2.05, 4.69) is 34.8 Å². The Hall–Kier alpha value is -1.35. The lowest BCUT2D eigenvalue weighted by atomic mass is 9.85. The van der Waals surface area contributed by atoms with Gasteiger partial charge in [0.1, 0.15) is 5.82 Å². The Labute approximate surface area is 102 Å². The first kappa shape index (κ1) is 10.8. The van der Waals surface area contributed by atoms with E-state index in [1.165, 1.54) is 42.0 Å². The number of rotatable bonds is 3. The second-order valence-corrected chi connectivity index (χ2v) is 4.96. The van der Waals surface area contributed by atoms with E-state index in [0.29, 0.717) is 5.92 Å². The van der Waals surface area contributed by atoms with E-state index in [1.54, 1.807) is 0 Å². The van der Waals surface area contributed by atoms with Crippen molar-refractivity contribution in [3.05, 3.63) is 35.4 Å². The molecule has 0 unspecified atom stereocenters. The summed E-state index contributed by atoms with van der Waals surface area (Å²) in [7, 11) is 1.98. The van der Waals surface area contributed by atoms with Gasteiger partial charge in [0.05, 0.1) is 11.2 Å². The third-order valence-electron chi connectivity index (χ3n) is 3.77. The van der Waals surface area contributed by atoms with Crippen LogP contribution in [0.15, 0.2) is 18.2 Å². The van der Waals surface area contributed by atoms with E-state index in [4.69, 9.17) is 4.98 Å². The number of hydrogen-bond acceptors (Lipinski definition) is 2. The molecule has 1 aliphatic rings. The van der Waals surface area contributed by atoms with Gasteiger partial charge in [0, 0.05) is 18.2 Å². The van der Waals surface area contributed by atoms with Crippen LogP contribution in [0.5, 0.6) is 0 Å². The van der Waals surface area contributed by atoms with Gasteiger partial charge in [0.2, 0.25) is 0 Å². The first-order chi connectivity index (χ1) is 8.31. The third kappa shape index (κ3) is 1.65. The van der Waals surface area contributed by atoms with E-state index >= 15 is 0 Å². The highest BCUT2D eigenvalue weighted by atomic mass is 15.1. The molecule has 0 aromatic carbocycles. The van der Waals surface area contributed by atoms with E-state index in [0.717, 1.165) is 6.54 Å². The number of hydrogen-bond donors (Lipinski definition) is 1. The second-order valence-electron chi connectivity index (χ2n) is 4.96. The summed E-state index contributed by atoms with van der Waals surface area (Å²) in [4.78, 5) is 4.86. The van der Waals surface area contributed by atoms with Gasteiger partial charge in [-0.3, -0.25) is 0 Å². The zero-order valence-electron chi connectivity index (χ0n) is 10.5. The van der Waals surface area contributed by atoms with Crippen LogP contribution in [0.4, 0.5) is 0 Å². The molecule has 2 aromatic rings. The summed E-state index contributed by atoms with van der Waals surface area (Å²) in [6.45, 7) is 3.01. The summed E-state index contributed by atoms with van der Waals surface area (Å²) < 4.78 is 2.34. The molecular formula is C14H19N3. The van der Waals surface area contributed by atoms with E-state index in [-0.39, 0.29) is 0 Å². The zero-order chi connectivity index (χ0) is 11.8. The minimum absolute atomic E-state index is 0.675. The van der Waals surface area contributed by atoms with Crippen LogP contribution in [0.2, 0.25) is 0 Å². The number of nitrogens with one attached hydrogen (secondary N) is 1. The quantitative estimate of drug-likeness (QED) is 0.876. The monoisotopic (exact) mass is 229 g/mol. The highest BCUT2D eigenvalue weighted by molar-refractivity contribution is 5.55. The maximum Gasteiger partial charge on any atom is 0.116 e. The van der Waals surface area contributed by atoms with Crippen molar-refractivity contribution in [2.45, 2.75) is 38.6 Å². The van der Waals surface area contributed by atoms with E-state index < -0.39 is 0 Å². The van der Waals surface area contributed by atoms with Crippen LogP contribution >= 0.6 is 0 Å². The second kappa shape index (κ2) is 4.15. The van der Waals surface area contributed by atoms with Crippen molar-refractivity contribution in [2.75, 3.05) is 7.05 Å². The standard InChI is InChI=1S/C14H19N3/c1-10-5-3-8-13-12(9-15-2)16-14(17(10)13)11-6-4-7-11/h3,5,8,11,15H,4,6-7,9H2,1-2H3. The minimum atomic E-state index is 0.675. The number of fused-ring (bicyclic) bond motifs is 1. The molecule has 0 bridgehead atoms. The van der Waals surface area contributed by atoms with Crippen LogP contribution in [0.1, 0.15) is 42.4 Å². The van der Waals surface area contributed by atoms with Gasteiger partial charge < -0.3 is 9.72 Å². The first-order valence-electron chi connectivity index (χ1n) is 6.42. The molecule has 0 amide bonds. The summed E-state index contributed by atoms with van der Waals surface area (Å²) in [6.07, 6.45) is 3.95. The van der Waals surface area contributed by atoms with Crippen LogP contribution in [-0.4, -0.2) is 16.4 Å². The van der Waals surface area contributed by atoms with E-state index in [9.17, 15) is 0 Å². The van der Waals surface area contributed by atoms with Crippen LogP contribution in [-0.2, 0) is 6.54 Å². The van der Waals surface area contributed by atoms with Crippen LogP contribution in [0.3, 0.4) is 0 Å². The minimum Gasteiger partial charge on any atom is -0.314 e. The SMILES string of the molecule is CNCc1nc(C2CCC2)n2c(C)cccc12. The van der Waals surface area contributed by atoms with Crippen molar-refractivity contribution in [2.24, 2.45) is 0 Å². The van der Waals surface area contributed by atoms with Gasteiger partial charge in [-0.05, 0) is 38.9 Å². The van der Waals surface area contributed by atoms with Crippen molar-refractivity contribution < 1.29 is 0 Å². The van der Waals surface area contributed by atoms with E-state index in [1.807, 2.05) is 7.05 Å². The Balaban J connectivity index is 2.19. The fourth-order valence-electron chi connectivity index (χ4n) is 2.63.